The molecule has 98 valence electrons. The SMILES string of the molecule is CC(C)c1ncc(C(=O)Nc2ccncc2)c(N)n1. The molecule has 0 atom stereocenters. The van der Waals surface area contributed by atoms with Crippen molar-refractivity contribution < 1.29 is 4.79 Å². The van der Waals surface area contributed by atoms with E-state index < -0.39 is 0 Å². The lowest BCUT2D eigenvalue weighted by atomic mass is 10.2. The Balaban J connectivity index is 2.20. The van der Waals surface area contributed by atoms with Gasteiger partial charge in [0.25, 0.3) is 5.91 Å². The zero-order valence-corrected chi connectivity index (χ0v) is 10.8. The maximum absolute atomic E-state index is 12.0. The van der Waals surface area contributed by atoms with E-state index in [0.29, 0.717) is 11.5 Å². The summed E-state index contributed by atoms with van der Waals surface area (Å²) in [5, 5.41) is 2.71. The molecule has 2 rings (SSSR count). The summed E-state index contributed by atoms with van der Waals surface area (Å²) >= 11 is 0. The van der Waals surface area contributed by atoms with Crippen LogP contribution in [-0.2, 0) is 0 Å². The second-order valence-electron chi connectivity index (χ2n) is 4.37. The molecule has 0 aromatic carbocycles. The monoisotopic (exact) mass is 257 g/mol. The number of nitrogens with one attached hydrogen (secondary N) is 1. The minimum Gasteiger partial charge on any atom is -0.383 e. The van der Waals surface area contributed by atoms with Gasteiger partial charge in [-0.25, -0.2) is 9.97 Å². The Morgan fingerprint density at radius 2 is 2.00 bits per heavy atom. The van der Waals surface area contributed by atoms with Crippen molar-refractivity contribution in [2.24, 2.45) is 0 Å². The highest BCUT2D eigenvalue weighted by Crippen LogP contribution is 2.15. The first-order valence-corrected chi connectivity index (χ1v) is 5.91. The molecule has 1 amide bonds. The van der Waals surface area contributed by atoms with E-state index >= 15 is 0 Å². The molecule has 2 aromatic heterocycles. The van der Waals surface area contributed by atoms with Crippen molar-refractivity contribution in [1.29, 1.82) is 0 Å². The molecule has 0 bridgehead atoms. The van der Waals surface area contributed by atoms with E-state index in [2.05, 4.69) is 20.3 Å². The summed E-state index contributed by atoms with van der Waals surface area (Å²) in [6.07, 6.45) is 4.64. The van der Waals surface area contributed by atoms with Gasteiger partial charge in [0.1, 0.15) is 17.2 Å². The Labute approximate surface area is 111 Å². The van der Waals surface area contributed by atoms with Crippen molar-refractivity contribution in [3.8, 4) is 0 Å². The normalized spacial score (nSPS) is 10.5. The Morgan fingerprint density at radius 3 is 2.58 bits per heavy atom. The highest BCUT2D eigenvalue weighted by Gasteiger charge is 2.13. The van der Waals surface area contributed by atoms with Crippen LogP contribution in [-0.4, -0.2) is 20.9 Å². The van der Waals surface area contributed by atoms with E-state index in [1.165, 1.54) is 6.20 Å². The number of carbonyl (C=O) groups excluding carboxylic acids is 1. The van der Waals surface area contributed by atoms with Crippen molar-refractivity contribution >= 4 is 17.4 Å². The van der Waals surface area contributed by atoms with Crippen LogP contribution in [0.15, 0.2) is 30.7 Å². The minimum absolute atomic E-state index is 0.166. The number of nitrogens with zero attached hydrogens (tertiary/aromatic N) is 3. The zero-order chi connectivity index (χ0) is 13.8. The minimum atomic E-state index is -0.334. The number of carbonyl (C=O) groups is 1. The molecule has 0 aliphatic rings. The van der Waals surface area contributed by atoms with Crippen molar-refractivity contribution in [2.45, 2.75) is 19.8 Å². The van der Waals surface area contributed by atoms with Gasteiger partial charge in [0.15, 0.2) is 0 Å². The first kappa shape index (κ1) is 12.9. The Hall–Kier alpha value is -2.50. The van der Waals surface area contributed by atoms with Gasteiger partial charge in [-0.1, -0.05) is 13.8 Å². The molecule has 3 N–H and O–H groups in total. The number of hydrogen-bond donors (Lipinski definition) is 2. The highest BCUT2D eigenvalue weighted by atomic mass is 16.1. The standard InChI is InChI=1S/C13H15N5O/c1-8(2)12-16-7-10(11(14)18-12)13(19)17-9-3-5-15-6-4-9/h3-8H,1-2H3,(H2,14,16,18)(H,15,17,19). The smallest absolute Gasteiger partial charge is 0.260 e. The number of amides is 1. The van der Waals surface area contributed by atoms with Gasteiger partial charge in [0.05, 0.1) is 0 Å². The lowest BCUT2D eigenvalue weighted by Gasteiger charge is -2.09. The summed E-state index contributed by atoms with van der Waals surface area (Å²) in [5.74, 6) is 0.641. The van der Waals surface area contributed by atoms with Crippen LogP contribution < -0.4 is 11.1 Å². The second-order valence-corrected chi connectivity index (χ2v) is 4.37. The van der Waals surface area contributed by atoms with Crippen LogP contribution in [0.5, 0.6) is 0 Å². The third-order valence-electron chi connectivity index (χ3n) is 2.54. The molecule has 0 saturated heterocycles. The third-order valence-corrected chi connectivity index (χ3v) is 2.54. The molecule has 6 heteroatoms. The van der Waals surface area contributed by atoms with Crippen LogP contribution in [0.3, 0.4) is 0 Å². The van der Waals surface area contributed by atoms with Gasteiger partial charge in [-0.05, 0) is 12.1 Å². The average Bonchev–Trinajstić information content (AvgIpc) is 2.39. The van der Waals surface area contributed by atoms with E-state index in [1.807, 2.05) is 13.8 Å². The summed E-state index contributed by atoms with van der Waals surface area (Å²) in [7, 11) is 0. The lowest BCUT2D eigenvalue weighted by Crippen LogP contribution is -2.16. The average molecular weight is 257 g/mol. The molecule has 0 spiro atoms. The Morgan fingerprint density at radius 1 is 1.32 bits per heavy atom. The van der Waals surface area contributed by atoms with Crippen LogP contribution in [0.2, 0.25) is 0 Å². The zero-order valence-electron chi connectivity index (χ0n) is 10.8. The molecule has 0 saturated carbocycles. The predicted molar refractivity (Wildman–Crippen MR) is 72.7 cm³/mol. The fraction of sp³-hybridized carbons (Fsp3) is 0.231. The summed E-state index contributed by atoms with van der Waals surface area (Å²) in [5.41, 5.74) is 6.70. The highest BCUT2D eigenvalue weighted by molar-refractivity contribution is 6.06. The third kappa shape index (κ3) is 3.04. The maximum atomic E-state index is 12.0. The molecule has 0 fully saturated rings. The number of anilines is 2. The molecule has 0 unspecified atom stereocenters. The van der Waals surface area contributed by atoms with Crippen LogP contribution in [0.1, 0.15) is 35.9 Å². The molecular formula is C13H15N5O. The molecular weight excluding hydrogens is 242 g/mol. The van der Waals surface area contributed by atoms with Crippen LogP contribution in [0, 0.1) is 0 Å². The molecule has 19 heavy (non-hydrogen) atoms. The van der Waals surface area contributed by atoms with Crippen LogP contribution in [0.25, 0.3) is 0 Å². The molecule has 2 heterocycles. The largest absolute Gasteiger partial charge is 0.383 e. The summed E-state index contributed by atoms with van der Waals surface area (Å²) in [6, 6.07) is 3.38. The molecule has 0 aliphatic carbocycles. The molecule has 6 nitrogen and oxygen atoms in total. The number of nitrogen functional groups attached to an aromatic ring is 1. The first-order valence-electron chi connectivity index (χ1n) is 5.91. The first-order chi connectivity index (χ1) is 9.08. The number of aromatic nitrogens is 3. The fourth-order valence-electron chi connectivity index (χ4n) is 1.50. The predicted octanol–water partition coefficient (Wildman–Crippen LogP) is 1.83. The quantitative estimate of drug-likeness (QED) is 0.874. The van der Waals surface area contributed by atoms with E-state index in [4.69, 9.17) is 5.73 Å². The van der Waals surface area contributed by atoms with Gasteiger partial charge in [-0.2, -0.15) is 0 Å². The summed E-state index contributed by atoms with van der Waals surface area (Å²) in [6.45, 7) is 3.93. The molecule has 0 radical (unpaired) electrons. The van der Waals surface area contributed by atoms with E-state index in [1.54, 1.807) is 24.5 Å². The van der Waals surface area contributed by atoms with Gasteiger partial charge in [0.2, 0.25) is 0 Å². The Kier molecular flexibility index (Phi) is 3.70. The van der Waals surface area contributed by atoms with Gasteiger partial charge in [-0.15, -0.1) is 0 Å². The topological polar surface area (TPSA) is 93.8 Å². The van der Waals surface area contributed by atoms with Gasteiger partial charge in [0, 0.05) is 30.2 Å². The number of rotatable bonds is 3. The fourth-order valence-corrected chi connectivity index (χ4v) is 1.50. The van der Waals surface area contributed by atoms with Crippen LogP contribution >= 0.6 is 0 Å². The van der Waals surface area contributed by atoms with Crippen molar-refractivity contribution in [3.05, 3.63) is 42.1 Å². The summed E-state index contributed by atoms with van der Waals surface area (Å²) in [4.78, 5) is 24.2. The molecule has 2 aromatic rings. The lowest BCUT2D eigenvalue weighted by molar-refractivity contribution is 0.102. The van der Waals surface area contributed by atoms with Crippen molar-refractivity contribution in [3.63, 3.8) is 0 Å². The second kappa shape index (κ2) is 5.43. The number of nitrogens with two attached hydrogens (primary N) is 1. The van der Waals surface area contributed by atoms with E-state index in [9.17, 15) is 4.79 Å². The van der Waals surface area contributed by atoms with Gasteiger partial charge < -0.3 is 11.1 Å². The Bertz CT molecular complexity index is 583. The number of hydrogen-bond acceptors (Lipinski definition) is 5. The van der Waals surface area contributed by atoms with Crippen molar-refractivity contribution in [2.75, 3.05) is 11.1 Å². The van der Waals surface area contributed by atoms with Crippen LogP contribution in [0.4, 0.5) is 11.5 Å². The maximum Gasteiger partial charge on any atom is 0.260 e. The summed E-state index contributed by atoms with van der Waals surface area (Å²) < 4.78 is 0. The van der Waals surface area contributed by atoms with Gasteiger partial charge in [-0.3, -0.25) is 9.78 Å². The van der Waals surface area contributed by atoms with Crippen molar-refractivity contribution in [1.82, 2.24) is 15.0 Å². The number of pyridine rings is 1. The van der Waals surface area contributed by atoms with Gasteiger partial charge >= 0.3 is 0 Å². The van der Waals surface area contributed by atoms with E-state index in [-0.39, 0.29) is 23.2 Å². The molecule has 0 aliphatic heterocycles. The van der Waals surface area contributed by atoms with E-state index in [0.717, 1.165) is 0 Å².